The Morgan fingerprint density at radius 3 is 1.97 bits per heavy atom. The second kappa shape index (κ2) is 20.0. The molecule has 0 aromatic carbocycles. The first-order valence-corrected chi connectivity index (χ1v) is 16.4. The summed E-state index contributed by atoms with van der Waals surface area (Å²) < 4.78 is 39.8. The fraction of sp³-hybridized carbons (Fsp3) is 1.00. The summed E-state index contributed by atoms with van der Waals surface area (Å²) >= 11 is 1.62. The summed E-state index contributed by atoms with van der Waals surface area (Å²) in [4.78, 5) is 20.0. The van der Waals surface area contributed by atoms with E-state index in [9.17, 15) is 18.9 Å². The second-order valence-corrected chi connectivity index (χ2v) is 12.5. The van der Waals surface area contributed by atoms with Gasteiger partial charge in [0.2, 0.25) is 0 Å². The average Bonchev–Trinajstić information content (AvgIpc) is 2.72. The van der Waals surface area contributed by atoms with Crippen molar-refractivity contribution in [2.75, 3.05) is 30.9 Å². The van der Waals surface area contributed by atoms with Crippen molar-refractivity contribution in [3.05, 3.63) is 0 Å². The SMILES string of the molecule is CCCCCCCCP(=O)(O)OC(COP(=O)(O)OCCC)CSCCCCCCC. The zero-order valence-corrected chi connectivity index (χ0v) is 22.4. The summed E-state index contributed by atoms with van der Waals surface area (Å²) in [6, 6.07) is 0. The van der Waals surface area contributed by atoms with Crippen LogP contribution in [-0.2, 0) is 22.7 Å². The third-order valence-electron chi connectivity index (χ3n) is 4.69. The summed E-state index contributed by atoms with van der Waals surface area (Å²) in [7, 11) is -7.97. The number of unbranched alkanes of at least 4 members (excludes halogenated alkanes) is 9. The molecule has 0 heterocycles. The summed E-state index contributed by atoms with van der Waals surface area (Å²) in [6.07, 6.45) is 11.9. The molecule has 7 nitrogen and oxygen atoms in total. The van der Waals surface area contributed by atoms with Crippen molar-refractivity contribution < 1.29 is 32.5 Å². The maximum Gasteiger partial charge on any atom is 0.472 e. The lowest BCUT2D eigenvalue weighted by Crippen LogP contribution is -2.22. The Balaban J connectivity index is 4.51. The molecule has 0 radical (unpaired) electrons. The first-order valence-electron chi connectivity index (χ1n) is 12.0. The zero-order valence-electron chi connectivity index (χ0n) is 19.8. The molecule has 0 spiro atoms. The van der Waals surface area contributed by atoms with Crippen molar-refractivity contribution in [1.82, 2.24) is 0 Å². The number of hydrogen-bond acceptors (Lipinski definition) is 6. The first-order chi connectivity index (χ1) is 14.8. The largest absolute Gasteiger partial charge is 0.472 e. The van der Waals surface area contributed by atoms with Crippen molar-refractivity contribution in [2.24, 2.45) is 0 Å². The predicted molar refractivity (Wildman–Crippen MR) is 131 cm³/mol. The second-order valence-electron chi connectivity index (χ2n) is 7.94. The molecule has 0 amide bonds. The van der Waals surface area contributed by atoms with Crippen LogP contribution in [0.15, 0.2) is 0 Å². The highest BCUT2D eigenvalue weighted by molar-refractivity contribution is 7.99. The smallest absolute Gasteiger partial charge is 0.324 e. The standard InChI is InChI=1S/C21H46O7P2S/c1-4-7-9-11-12-14-17-29(22,23)28-21(19-27-30(24,25)26-16-6-3)20-31-18-15-13-10-8-5-2/h21H,4-20H2,1-3H3,(H,22,23)(H,24,25). The lowest BCUT2D eigenvalue weighted by Gasteiger charge is -2.22. The fourth-order valence-corrected chi connectivity index (χ4v) is 6.21. The molecular formula is C21H46O7P2S. The molecule has 2 N–H and O–H groups in total. The van der Waals surface area contributed by atoms with Crippen LogP contribution in [0.2, 0.25) is 0 Å². The predicted octanol–water partition coefficient (Wildman–Crippen LogP) is 7.16. The van der Waals surface area contributed by atoms with Crippen LogP contribution in [0.1, 0.15) is 97.8 Å². The molecule has 0 fully saturated rings. The first kappa shape index (κ1) is 31.6. The third kappa shape index (κ3) is 20.9. The molecule has 3 atom stereocenters. The van der Waals surface area contributed by atoms with Gasteiger partial charge in [-0.25, -0.2) is 4.57 Å². The molecule has 0 rings (SSSR count). The lowest BCUT2D eigenvalue weighted by atomic mass is 10.1. The van der Waals surface area contributed by atoms with E-state index in [0.717, 1.165) is 44.3 Å². The van der Waals surface area contributed by atoms with Gasteiger partial charge in [0.25, 0.3) is 0 Å². The molecule has 0 aliphatic carbocycles. The van der Waals surface area contributed by atoms with Crippen molar-refractivity contribution in [3.8, 4) is 0 Å². The number of hydrogen-bond donors (Lipinski definition) is 2. The topological polar surface area (TPSA) is 102 Å². The van der Waals surface area contributed by atoms with E-state index in [1.165, 1.54) is 25.7 Å². The molecule has 31 heavy (non-hydrogen) atoms. The molecule has 3 unspecified atom stereocenters. The van der Waals surface area contributed by atoms with E-state index in [1.807, 2.05) is 6.92 Å². The summed E-state index contributed by atoms with van der Waals surface area (Å²) in [5.74, 6) is 1.35. The van der Waals surface area contributed by atoms with E-state index in [4.69, 9.17) is 13.6 Å². The summed E-state index contributed by atoms with van der Waals surface area (Å²) in [6.45, 7) is 6.02. The van der Waals surface area contributed by atoms with Crippen LogP contribution in [0, 0.1) is 0 Å². The monoisotopic (exact) mass is 504 g/mol. The third-order valence-corrected chi connectivity index (χ3v) is 8.36. The minimum Gasteiger partial charge on any atom is -0.324 e. The lowest BCUT2D eigenvalue weighted by molar-refractivity contribution is 0.0899. The highest BCUT2D eigenvalue weighted by Gasteiger charge is 2.28. The average molecular weight is 505 g/mol. The number of thioether (sulfide) groups is 1. The minimum atomic E-state index is -4.18. The van der Waals surface area contributed by atoms with Gasteiger partial charge in [0, 0.05) is 11.9 Å². The van der Waals surface area contributed by atoms with Crippen molar-refractivity contribution in [3.63, 3.8) is 0 Å². The molecular weight excluding hydrogens is 458 g/mol. The van der Waals surface area contributed by atoms with Gasteiger partial charge >= 0.3 is 15.4 Å². The van der Waals surface area contributed by atoms with Gasteiger partial charge in [-0.05, 0) is 25.0 Å². The molecule has 0 aliphatic heterocycles. The van der Waals surface area contributed by atoms with Gasteiger partial charge in [-0.2, -0.15) is 11.8 Å². The number of phosphoric acid groups is 1. The Kier molecular flexibility index (Phi) is 20.4. The molecule has 0 aromatic rings. The van der Waals surface area contributed by atoms with E-state index >= 15 is 0 Å². The van der Waals surface area contributed by atoms with Crippen LogP contribution in [-0.4, -0.2) is 46.8 Å². The molecule has 0 bridgehead atoms. The van der Waals surface area contributed by atoms with Gasteiger partial charge in [-0.3, -0.25) is 13.6 Å². The van der Waals surface area contributed by atoms with Crippen LogP contribution in [0.25, 0.3) is 0 Å². The van der Waals surface area contributed by atoms with Gasteiger partial charge < -0.3 is 14.3 Å². The van der Waals surface area contributed by atoms with Gasteiger partial charge in [0.05, 0.1) is 13.2 Å². The van der Waals surface area contributed by atoms with Crippen LogP contribution in [0.5, 0.6) is 0 Å². The highest BCUT2D eigenvalue weighted by atomic mass is 32.2. The molecule has 0 saturated carbocycles. The number of phosphoric ester groups is 1. The normalized spacial score (nSPS) is 16.7. The van der Waals surface area contributed by atoms with Gasteiger partial charge in [0.1, 0.15) is 6.10 Å². The van der Waals surface area contributed by atoms with Crippen LogP contribution in [0.3, 0.4) is 0 Å². The van der Waals surface area contributed by atoms with Gasteiger partial charge in [-0.1, -0.05) is 78.6 Å². The van der Waals surface area contributed by atoms with E-state index < -0.39 is 21.5 Å². The van der Waals surface area contributed by atoms with E-state index in [-0.39, 0.29) is 19.4 Å². The molecule has 0 aromatic heterocycles. The van der Waals surface area contributed by atoms with E-state index in [1.54, 1.807) is 11.8 Å². The Morgan fingerprint density at radius 1 is 0.774 bits per heavy atom. The Labute approximate surface area is 194 Å². The molecule has 10 heteroatoms. The van der Waals surface area contributed by atoms with Crippen molar-refractivity contribution in [2.45, 2.75) is 104 Å². The highest BCUT2D eigenvalue weighted by Crippen LogP contribution is 2.47. The van der Waals surface area contributed by atoms with Crippen molar-refractivity contribution in [1.29, 1.82) is 0 Å². The Morgan fingerprint density at radius 2 is 1.35 bits per heavy atom. The molecule has 0 aliphatic rings. The Bertz CT molecular complexity index is 508. The quantitative estimate of drug-likeness (QED) is 0.112. The van der Waals surface area contributed by atoms with Crippen LogP contribution < -0.4 is 0 Å². The minimum absolute atomic E-state index is 0.0976. The van der Waals surface area contributed by atoms with Gasteiger partial charge in [-0.15, -0.1) is 0 Å². The fourth-order valence-electron chi connectivity index (χ4n) is 2.93. The van der Waals surface area contributed by atoms with E-state index in [2.05, 4.69) is 13.8 Å². The van der Waals surface area contributed by atoms with E-state index in [0.29, 0.717) is 18.6 Å². The Hall–Kier alpha value is 0.610. The van der Waals surface area contributed by atoms with Crippen LogP contribution >= 0.6 is 27.2 Å². The zero-order chi connectivity index (χ0) is 23.4. The maximum atomic E-state index is 12.5. The van der Waals surface area contributed by atoms with Crippen LogP contribution in [0.4, 0.5) is 0 Å². The number of rotatable bonds is 23. The summed E-state index contributed by atoms with van der Waals surface area (Å²) in [5, 5.41) is 0. The molecule has 188 valence electrons. The maximum absolute atomic E-state index is 12.5. The summed E-state index contributed by atoms with van der Waals surface area (Å²) in [5.41, 5.74) is 0. The molecule has 0 saturated heterocycles. The van der Waals surface area contributed by atoms with Gasteiger partial charge in [0.15, 0.2) is 0 Å². The van der Waals surface area contributed by atoms with Crippen molar-refractivity contribution >= 4 is 27.2 Å².